The molecule has 0 aliphatic heterocycles. The van der Waals surface area contributed by atoms with Crippen LogP contribution in [0.15, 0.2) is 61.5 Å². The highest BCUT2D eigenvalue weighted by Crippen LogP contribution is 2.23. The van der Waals surface area contributed by atoms with Crippen LogP contribution in [0.1, 0.15) is 90.8 Å². The third-order valence-electron chi connectivity index (χ3n) is 7.66. The Bertz CT molecular complexity index is 945. The summed E-state index contributed by atoms with van der Waals surface area (Å²) in [5.41, 5.74) is 7.45. The maximum absolute atomic E-state index is 11.1. The van der Waals surface area contributed by atoms with Crippen molar-refractivity contribution in [3.8, 4) is 0 Å². The fourth-order valence-corrected chi connectivity index (χ4v) is 4.82. The molecule has 0 heterocycles. The van der Waals surface area contributed by atoms with Crippen LogP contribution in [-0.2, 0) is 0 Å². The number of nitrogens with one attached hydrogen (secondary N) is 3. The predicted octanol–water partition coefficient (Wildman–Crippen LogP) is 7.64. The van der Waals surface area contributed by atoms with E-state index >= 15 is 0 Å². The second-order valence-corrected chi connectivity index (χ2v) is 12.1. The molecule has 0 radical (unpaired) electrons. The molecule has 0 aliphatic rings. The SMILES string of the molecule is C=C(N[C@H](C(=C)NC(CCC)C(=C)N[C@@H](CC(C)C)C(O)CC(C)C(=C)C)C(C)C)c1cccc(C)c1C. The quantitative estimate of drug-likeness (QED) is 0.149. The van der Waals surface area contributed by atoms with Crippen molar-refractivity contribution in [2.75, 3.05) is 0 Å². The fraction of sp³-hybridized carbons (Fsp3) is 0.588. The first-order valence-electron chi connectivity index (χ1n) is 14.5. The van der Waals surface area contributed by atoms with Crippen molar-refractivity contribution in [1.29, 1.82) is 0 Å². The van der Waals surface area contributed by atoms with Gasteiger partial charge in [-0.15, -0.1) is 0 Å². The highest BCUT2D eigenvalue weighted by Gasteiger charge is 2.26. The molecule has 0 aromatic heterocycles. The first-order chi connectivity index (χ1) is 17.7. The second-order valence-electron chi connectivity index (χ2n) is 12.1. The molecule has 0 aliphatic carbocycles. The molecule has 0 saturated heterocycles. The van der Waals surface area contributed by atoms with Crippen LogP contribution in [0.4, 0.5) is 0 Å². The van der Waals surface area contributed by atoms with Crippen molar-refractivity contribution in [3.63, 3.8) is 0 Å². The molecule has 3 unspecified atom stereocenters. The molecule has 0 saturated carbocycles. The summed E-state index contributed by atoms with van der Waals surface area (Å²) in [5.74, 6) is 1.02. The number of aryl methyl sites for hydroxylation is 1. The number of benzene rings is 1. The van der Waals surface area contributed by atoms with E-state index in [9.17, 15) is 5.11 Å². The number of allylic oxidation sites excluding steroid dienone is 1. The van der Waals surface area contributed by atoms with Crippen molar-refractivity contribution in [3.05, 3.63) is 78.2 Å². The molecule has 4 N–H and O–H groups in total. The lowest BCUT2D eigenvalue weighted by Gasteiger charge is -2.34. The van der Waals surface area contributed by atoms with Gasteiger partial charge in [-0.05, 0) is 68.9 Å². The molecule has 0 spiro atoms. The smallest absolute Gasteiger partial charge is 0.0746 e. The lowest BCUT2D eigenvalue weighted by atomic mass is 9.90. The highest BCUT2D eigenvalue weighted by molar-refractivity contribution is 5.66. The molecule has 214 valence electrons. The summed E-state index contributed by atoms with van der Waals surface area (Å²) in [7, 11) is 0. The maximum Gasteiger partial charge on any atom is 0.0746 e. The van der Waals surface area contributed by atoms with Gasteiger partial charge in [0.15, 0.2) is 0 Å². The minimum Gasteiger partial charge on any atom is -0.391 e. The molecule has 1 aromatic rings. The first kappa shape index (κ1) is 33.6. The lowest BCUT2D eigenvalue weighted by Crippen LogP contribution is -2.48. The maximum atomic E-state index is 11.1. The molecule has 5 atom stereocenters. The normalized spacial score (nSPS) is 15.4. The number of hydrogen-bond donors (Lipinski definition) is 4. The minimum atomic E-state index is -0.475. The van der Waals surface area contributed by atoms with Gasteiger partial charge in [-0.25, -0.2) is 0 Å². The Morgan fingerprint density at radius 1 is 0.895 bits per heavy atom. The van der Waals surface area contributed by atoms with Crippen LogP contribution in [0.2, 0.25) is 0 Å². The Balaban J connectivity index is 3.04. The van der Waals surface area contributed by atoms with Crippen molar-refractivity contribution in [1.82, 2.24) is 16.0 Å². The van der Waals surface area contributed by atoms with Gasteiger partial charge in [0.25, 0.3) is 0 Å². The van der Waals surface area contributed by atoms with E-state index in [0.29, 0.717) is 18.3 Å². The summed E-state index contributed by atoms with van der Waals surface area (Å²) in [5, 5.41) is 22.1. The van der Waals surface area contributed by atoms with Gasteiger partial charge in [-0.2, -0.15) is 0 Å². The van der Waals surface area contributed by atoms with Crippen LogP contribution in [0, 0.1) is 31.6 Å². The number of aliphatic hydroxyl groups is 1. The average molecular weight is 524 g/mol. The van der Waals surface area contributed by atoms with E-state index < -0.39 is 6.10 Å². The lowest BCUT2D eigenvalue weighted by molar-refractivity contribution is 0.101. The summed E-state index contributed by atoms with van der Waals surface area (Å²) in [4.78, 5) is 0. The highest BCUT2D eigenvalue weighted by atomic mass is 16.3. The summed E-state index contributed by atoms with van der Waals surface area (Å²) in [6.07, 6.45) is 3.00. The van der Waals surface area contributed by atoms with Gasteiger partial charge in [0, 0.05) is 22.7 Å². The Morgan fingerprint density at radius 2 is 1.53 bits per heavy atom. The van der Waals surface area contributed by atoms with Gasteiger partial charge in [0.2, 0.25) is 0 Å². The van der Waals surface area contributed by atoms with E-state index in [4.69, 9.17) is 0 Å². The van der Waals surface area contributed by atoms with Crippen molar-refractivity contribution in [2.24, 2.45) is 17.8 Å². The average Bonchev–Trinajstić information content (AvgIpc) is 2.82. The summed E-state index contributed by atoms with van der Waals surface area (Å²) >= 11 is 0. The van der Waals surface area contributed by atoms with Crippen LogP contribution < -0.4 is 16.0 Å². The molecule has 0 bridgehead atoms. The predicted molar refractivity (Wildman–Crippen MR) is 168 cm³/mol. The molecule has 0 amide bonds. The largest absolute Gasteiger partial charge is 0.391 e. The van der Waals surface area contributed by atoms with E-state index in [1.165, 1.54) is 11.1 Å². The molecule has 1 rings (SSSR count). The topological polar surface area (TPSA) is 56.3 Å². The van der Waals surface area contributed by atoms with E-state index in [2.05, 4.69) is 116 Å². The van der Waals surface area contributed by atoms with E-state index in [1.807, 2.05) is 6.92 Å². The number of hydrogen-bond acceptors (Lipinski definition) is 4. The Morgan fingerprint density at radius 3 is 2.05 bits per heavy atom. The third-order valence-corrected chi connectivity index (χ3v) is 7.66. The van der Waals surface area contributed by atoms with E-state index in [1.54, 1.807) is 0 Å². The zero-order valence-corrected chi connectivity index (χ0v) is 25.9. The number of aliphatic hydroxyl groups excluding tert-OH is 1. The first-order valence-corrected chi connectivity index (χ1v) is 14.5. The monoisotopic (exact) mass is 523 g/mol. The van der Waals surface area contributed by atoms with E-state index in [-0.39, 0.29) is 24.0 Å². The Kier molecular flexibility index (Phi) is 14.0. The van der Waals surface area contributed by atoms with Crippen molar-refractivity contribution < 1.29 is 5.11 Å². The van der Waals surface area contributed by atoms with Gasteiger partial charge in [0.05, 0.1) is 24.2 Å². The molecule has 0 fully saturated rings. The van der Waals surface area contributed by atoms with Crippen LogP contribution >= 0.6 is 0 Å². The molecular weight excluding hydrogens is 466 g/mol. The van der Waals surface area contributed by atoms with Gasteiger partial charge >= 0.3 is 0 Å². The van der Waals surface area contributed by atoms with Gasteiger partial charge < -0.3 is 21.1 Å². The van der Waals surface area contributed by atoms with Crippen molar-refractivity contribution >= 4 is 5.70 Å². The standard InChI is InChI=1S/C34H57N3O/c1-14-16-31(28(12)35-32(19-21(2)3)33(38)20-25(9)22(4)5)36-29(13)34(23(6)7)37-27(11)30-18-15-17-24(8)26(30)10/h15,17-18,21,23,25,31-38H,4,11-14,16,19-20H2,1-3,5-10H3/t25?,31?,32-,33?,34-/m0/s1. The number of rotatable bonds is 18. The summed E-state index contributed by atoms with van der Waals surface area (Å²) < 4.78 is 0. The minimum absolute atomic E-state index is 0.00281. The van der Waals surface area contributed by atoms with Gasteiger partial charge in [-0.3, -0.25) is 0 Å². The zero-order valence-electron chi connectivity index (χ0n) is 25.9. The zero-order chi connectivity index (χ0) is 29.2. The Labute approximate surface area is 234 Å². The summed E-state index contributed by atoms with van der Waals surface area (Å²) in [6.45, 7) is 36.7. The Hall–Kier alpha value is -2.46. The van der Waals surface area contributed by atoms with Crippen LogP contribution in [-0.4, -0.2) is 29.3 Å². The van der Waals surface area contributed by atoms with Crippen molar-refractivity contribution in [2.45, 2.75) is 112 Å². The van der Waals surface area contributed by atoms with E-state index in [0.717, 1.165) is 47.5 Å². The van der Waals surface area contributed by atoms with Crippen LogP contribution in [0.3, 0.4) is 0 Å². The molecule has 38 heavy (non-hydrogen) atoms. The van der Waals surface area contributed by atoms with Crippen LogP contribution in [0.5, 0.6) is 0 Å². The molecule has 4 nitrogen and oxygen atoms in total. The molecular formula is C34H57N3O. The van der Waals surface area contributed by atoms with Crippen LogP contribution in [0.25, 0.3) is 5.70 Å². The molecule has 1 aromatic carbocycles. The second kappa shape index (κ2) is 15.8. The van der Waals surface area contributed by atoms with Gasteiger partial charge in [0.1, 0.15) is 0 Å². The van der Waals surface area contributed by atoms with Gasteiger partial charge in [-0.1, -0.05) is 98.1 Å². The fourth-order valence-electron chi connectivity index (χ4n) is 4.82. The molecule has 4 heteroatoms. The summed E-state index contributed by atoms with van der Waals surface area (Å²) in [6, 6.07) is 6.26. The third kappa shape index (κ3) is 10.4.